The number of hydrogen-bond donors (Lipinski definition) is 2. The molecule has 0 atom stereocenters. The van der Waals surface area contributed by atoms with Crippen LogP contribution < -0.4 is 24.8 Å². The van der Waals surface area contributed by atoms with Crippen LogP contribution in [0.25, 0.3) is 10.9 Å². The Balaban J connectivity index is 1.41. The molecular formula is C28H23F2N3O5. The van der Waals surface area contributed by atoms with Gasteiger partial charge in [-0.25, -0.2) is 8.78 Å². The van der Waals surface area contributed by atoms with E-state index >= 15 is 0 Å². The highest BCUT2D eigenvalue weighted by molar-refractivity contribution is 6.17. The summed E-state index contributed by atoms with van der Waals surface area (Å²) < 4.78 is 44.2. The summed E-state index contributed by atoms with van der Waals surface area (Å²) in [6.07, 6.45) is 2.17. The van der Waals surface area contributed by atoms with E-state index < -0.39 is 28.9 Å². The van der Waals surface area contributed by atoms with Crippen LogP contribution in [-0.2, 0) is 9.59 Å². The van der Waals surface area contributed by atoms with Crippen LogP contribution in [0.4, 0.5) is 20.2 Å². The predicted molar refractivity (Wildman–Crippen MR) is 137 cm³/mol. The largest absolute Gasteiger partial charge is 0.493 e. The number of halogens is 2. The van der Waals surface area contributed by atoms with Crippen molar-refractivity contribution in [2.24, 2.45) is 5.41 Å². The SMILES string of the molecule is COc1cc2nccc(Oc3ccc(F)cc3NC(=O)C3(C(=O)Nc4ccc(F)cc4)CC3)c2cc1OC. The van der Waals surface area contributed by atoms with Crippen LogP contribution in [0.3, 0.4) is 0 Å². The lowest BCUT2D eigenvalue weighted by atomic mass is 10.0. The minimum atomic E-state index is -1.33. The Morgan fingerprint density at radius 3 is 2.13 bits per heavy atom. The van der Waals surface area contributed by atoms with Gasteiger partial charge in [0.25, 0.3) is 0 Å². The quantitative estimate of drug-likeness (QED) is 0.291. The summed E-state index contributed by atoms with van der Waals surface area (Å²) in [5, 5.41) is 5.90. The number of carbonyl (C=O) groups excluding carboxylic acids is 2. The molecule has 1 aliphatic rings. The minimum Gasteiger partial charge on any atom is -0.493 e. The first-order chi connectivity index (χ1) is 18.3. The molecule has 0 spiro atoms. The molecule has 194 valence electrons. The third-order valence-electron chi connectivity index (χ3n) is 6.34. The molecule has 2 N–H and O–H groups in total. The highest BCUT2D eigenvalue weighted by Gasteiger charge is 2.56. The van der Waals surface area contributed by atoms with Crippen LogP contribution in [0.5, 0.6) is 23.0 Å². The summed E-state index contributed by atoms with van der Waals surface area (Å²) in [6, 6.07) is 14.0. The monoisotopic (exact) mass is 519 g/mol. The molecule has 10 heteroatoms. The number of benzene rings is 3. The number of hydrogen-bond acceptors (Lipinski definition) is 6. The van der Waals surface area contributed by atoms with Gasteiger partial charge in [-0.15, -0.1) is 0 Å². The van der Waals surface area contributed by atoms with Crippen molar-refractivity contribution in [3.63, 3.8) is 0 Å². The van der Waals surface area contributed by atoms with Gasteiger partial charge < -0.3 is 24.8 Å². The van der Waals surface area contributed by atoms with E-state index in [1.807, 2.05) is 0 Å². The maximum atomic E-state index is 14.2. The summed E-state index contributed by atoms with van der Waals surface area (Å²) in [6.45, 7) is 0. The zero-order valence-corrected chi connectivity index (χ0v) is 20.5. The molecule has 0 bridgehead atoms. The number of pyridine rings is 1. The maximum absolute atomic E-state index is 14.2. The number of rotatable bonds is 8. The van der Waals surface area contributed by atoms with Crippen molar-refractivity contribution < 1.29 is 32.6 Å². The predicted octanol–water partition coefficient (Wildman–Crippen LogP) is 5.68. The highest BCUT2D eigenvalue weighted by atomic mass is 19.1. The summed E-state index contributed by atoms with van der Waals surface area (Å²) in [4.78, 5) is 30.5. The Labute approximate surface area is 216 Å². The molecule has 0 unspecified atom stereocenters. The lowest BCUT2D eigenvalue weighted by Gasteiger charge is -2.18. The lowest BCUT2D eigenvalue weighted by molar-refractivity contribution is -0.131. The number of fused-ring (bicyclic) bond motifs is 1. The van der Waals surface area contributed by atoms with E-state index in [0.29, 0.717) is 46.7 Å². The molecule has 1 heterocycles. The van der Waals surface area contributed by atoms with E-state index in [1.54, 1.807) is 24.4 Å². The van der Waals surface area contributed by atoms with Gasteiger partial charge in [0.2, 0.25) is 11.8 Å². The first kappa shape index (κ1) is 24.9. The van der Waals surface area contributed by atoms with Gasteiger partial charge in [-0.3, -0.25) is 14.6 Å². The fourth-order valence-electron chi connectivity index (χ4n) is 4.05. The van der Waals surface area contributed by atoms with Crippen LogP contribution in [-0.4, -0.2) is 31.0 Å². The van der Waals surface area contributed by atoms with Crippen LogP contribution in [0.2, 0.25) is 0 Å². The Bertz CT molecular complexity index is 1540. The Kier molecular flexibility index (Phi) is 6.54. The van der Waals surface area contributed by atoms with Crippen molar-refractivity contribution in [1.29, 1.82) is 0 Å². The van der Waals surface area contributed by atoms with Gasteiger partial charge in [-0.1, -0.05) is 0 Å². The Morgan fingerprint density at radius 2 is 1.45 bits per heavy atom. The Morgan fingerprint density at radius 1 is 0.789 bits per heavy atom. The molecule has 2 amide bonds. The van der Waals surface area contributed by atoms with Gasteiger partial charge in [0.1, 0.15) is 22.8 Å². The van der Waals surface area contributed by atoms with E-state index in [1.165, 1.54) is 50.6 Å². The second kappa shape index (κ2) is 9.97. The van der Waals surface area contributed by atoms with Gasteiger partial charge >= 0.3 is 0 Å². The molecule has 3 aromatic carbocycles. The molecular weight excluding hydrogens is 496 g/mol. The van der Waals surface area contributed by atoms with Gasteiger partial charge in [0.05, 0.1) is 25.4 Å². The first-order valence-electron chi connectivity index (χ1n) is 11.7. The third-order valence-corrected chi connectivity index (χ3v) is 6.34. The third kappa shape index (κ3) is 4.80. The number of nitrogens with zero attached hydrogens (tertiary/aromatic N) is 1. The fourth-order valence-corrected chi connectivity index (χ4v) is 4.05. The molecule has 1 aromatic heterocycles. The first-order valence-corrected chi connectivity index (χ1v) is 11.7. The van der Waals surface area contributed by atoms with E-state index in [4.69, 9.17) is 14.2 Å². The number of nitrogens with one attached hydrogen (secondary N) is 2. The number of anilines is 2. The average Bonchev–Trinajstić information content (AvgIpc) is 3.73. The van der Waals surface area contributed by atoms with Crippen molar-refractivity contribution in [3.05, 3.63) is 78.5 Å². The topological polar surface area (TPSA) is 98.8 Å². The Hall–Kier alpha value is -4.73. The molecule has 1 fully saturated rings. The van der Waals surface area contributed by atoms with Crippen molar-refractivity contribution in [1.82, 2.24) is 4.98 Å². The van der Waals surface area contributed by atoms with Crippen LogP contribution >= 0.6 is 0 Å². The number of methoxy groups -OCH3 is 2. The zero-order valence-electron chi connectivity index (χ0n) is 20.5. The maximum Gasteiger partial charge on any atom is 0.240 e. The molecule has 4 aromatic rings. The van der Waals surface area contributed by atoms with Crippen molar-refractivity contribution in [2.75, 3.05) is 24.9 Å². The molecule has 5 rings (SSSR count). The molecule has 38 heavy (non-hydrogen) atoms. The second-order valence-electron chi connectivity index (χ2n) is 8.77. The molecule has 1 aliphatic carbocycles. The van der Waals surface area contributed by atoms with Gasteiger partial charge in [-0.2, -0.15) is 0 Å². The van der Waals surface area contributed by atoms with Crippen molar-refractivity contribution in [2.45, 2.75) is 12.8 Å². The molecule has 0 radical (unpaired) electrons. The van der Waals surface area contributed by atoms with Crippen LogP contribution in [0.15, 0.2) is 66.9 Å². The van der Waals surface area contributed by atoms with Gasteiger partial charge in [0.15, 0.2) is 17.2 Å². The summed E-state index contributed by atoms with van der Waals surface area (Å²) in [5.41, 5.74) is -0.337. The molecule has 0 saturated heterocycles. The molecule has 1 saturated carbocycles. The normalized spacial score (nSPS) is 13.5. The summed E-state index contributed by atoms with van der Waals surface area (Å²) in [7, 11) is 3.03. The lowest BCUT2D eigenvalue weighted by Crippen LogP contribution is -2.35. The van der Waals surface area contributed by atoms with Gasteiger partial charge in [-0.05, 0) is 61.4 Å². The average molecular weight is 520 g/mol. The van der Waals surface area contributed by atoms with E-state index in [0.717, 1.165) is 6.07 Å². The van der Waals surface area contributed by atoms with Crippen molar-refractivity contribution in [3.8, 4) is 23.0 Å². The van der Waals surface area contributed by atoms with E-state index in [2.05, 4.69) is 15.6 Å². The summed E-state index contributed by atoms with van der Waals surface area (Å²) >= 11 is 0. The van der Waals surface area contributed by atoms with Crippen molar-refractivity contribution >= 4 is 34.1 Å². The number of ether oxygens (including phenoxy) is 3. The number of aromatic nitrogens is 1. The van der Waals surface area contributed by atoms with Gasteiger partial charge in [0, 0.05) is 29.4 Å². The fraction of sp³-hybridized carbons (Fsp3) is 0.179. The van der Waals surface area contributed by atoms with E-state index in [-0.39, 0.29) is 11.4 Å². The number of amides is 2. The zero-order chi connectivity index (χ0) is 26.9. The molecule has 8 nitrogen and oxygen atoms in total. The minimum absolute atomic E-state index is 0.0568. The molecule has 0 aliphatic heterocycles. The highest BCUT2D eigenvalue weighted by Crippen LogP contribution is 2.48. The summed E-state index contributed by atoms with van der Waals surface area (Å²) in [5.74, 6) is -0.661. The standard InChI is InChI=1S/C28H23F2N3O5/c1-36-24-14-19-20(15-25(24)37-2)31-12-9-22(19)38-23-8-5-17(30)13-21(23)33-27(35)28(10-11-28)26(34)32-18-6-3-16(29)4-7-18/h3-9,12-15H,10-11H2,1-2H3,(H,32,34)(H,33,35). The number of carbonyl (C=O) groups is 2. The second-order valence-corrected chi connectivity index (χ2v) is 8.77. The van der Waals surface area contributed by atoms with E-state index in [9.17, 15) is 18.4 Å². The smallest absolute Gasteiger partial charge is 0.240 e. The van der Waals surface area contributed by atoms with Crippen LogP contribution in [0.1, 0.15) is 12.8 Å². The van der Waals surface area contributed by atoms with Crippen LogP contribution in [0, 0.1) is 17.0 Å².